The van der Waals surface area contributed by atoms with Crippen LogP contribution in [-0.2, 0) is 4.79 Å². The van der Waals surface area contributed by atoms with Gasteiger partial charge in [-0.2, -0.15) is 0 Å². The molecule has 2 rings (SSSR count). The van der Waals surface area contributed by atoms with Crippen molar-refractivity contribution in [2.45, 2.75) is 26.3 Å². The van der Waals surface area contributed by atoms with E-state index in [1.165, 1.54) is 19.2 Å². The zero-order chi connectivity index (χ0) is 17.0. The van der Waals surface area contributed by atoms with Gasteiger partial charge in [-0.25, -0.2) is 4.79 Å². The summed E-state index contributed by atoms with van der Waals surface area (Å²) in [6, 6.07) is 2.10. The summed E-state index contributed by atoms with van der Waals surface area (Å²) >= 11 is 0. The number of aliphatic carboxylic acids is 1. The van der Waals surface area contributed by atoms with E-state index < -0.39 is 17.9 Å². The highest BCUT2D eigenvalue weighted by Crippen LogP contribution is 2.40. The van der Waals surface area contributed by atoms with Crippen molar-refractivity contribution >= 4 is 11.9 Å². The van der Waals surface area contributed by atoms with E-state index in [9.17, 15) is 14.7 Å². The number of hydrogen-bond donors (Lipinski definition) is 2. The van der Waals surface area contributed by atoms with Crippen molar-refractivity contribution in [2.24, 2.45) is 5.92 Å². The molecule has 23 heavy (non-hydrogen) atoms. The predicted molar refractivity (Wildman–Crippen MR) is 82.3 cm³/mol. The van der Waals surface area contributed by atoms with E-state index in [2.05, 4.69) is 5.32 Å². The molecule has 0 radical (unpaired) electrons. The molecule has 1 atom stereocenters. The first kappa shape index (κ1) is 16.9. The maximum atomic E-state index is 12.4. The van der Waals surface area contributed by atoms with Crippen molar-refractivity contribution in [1.82, 2.24) is 5.32 Å². The SMILES string of the molecule is COc1cc(C(=O)N[C@H](CC(C)C)C(=O)O)cc2c1OCCO2. The van der Waals surface area contributed by atoms with Gasteiger partial charge >= 0.3 is 5.97 Å². The van der Waals surface area contributed by atoms with Gasteiger partial charge in [0.05, 0.1) is 7.11 Å². The number of fused-ring (bicyclic) bond motifs is 1. The molecule has 0 fully saturated rings. The van der Waals surface area contributed by atoms with Crippen LogP contribution in [0.2, 0.25) is 0 Å². The molecular weight excluding hydrogens is 302 g/mol. The minimum Gasteiger partial charge on any atom is -0.493 e. The maximum absolute atomic E-state index is 12.4. The Balaban J connectivity index is 2.23. The Kier molecular flexibility index (Phi) is 5.31. The number of benzene rings is 1. The minimum atomic E-state index is -1.06. The molecule has 1 aromatic rings. The van der Waals surface area contributed by atoms with Gasteiger partial charge in [0.15, 0.2) is 11.5 Å². The zero-order valence-electron chi connectivity index (χ0n) is 13.4. The average molecular weight is 323 g/mol. The van der Waals surface area contributed by atoms with Gasteiger partial charge in [0.2, 0.25) is 5.75 Å². The molecule has 7 nitrogen and oxygen atoms in total. The van der Waals surface area contributed by atoms with Crippen LogP contribution in [-0.4, -0.2) is 43.3 Å². The maximum Gasteiger partial charge on any atom is 0.326 e. The number of carboxylic acids is 1. The Hall–Kier alpha value is -2.44. The van der Waals surface area contributed by atoms with Gasteiger partial charge in [-0.1, -0.05) is 13.8 Å². The van der Waals surface area contributed by atoms with Crippen LogP contribution >= 0.6 is 0 Å². The number of rotatable bonds is 6. The van der Waals surface area contributed by atoms with Crippen molar-refractivity contribution in [3.05, 3.63) is 17.7 Å². The van der Waals surface area contributed by atoms with E-state index in [1.807, 2.05) is 13.8 Å². The molecule has 0 saturated carbocycles. The van der Waals surface area contributed by atoms with Crippen molar-refractivity contribution in [1.29, 1.82) is 0 Å². The van der Waals surface area contributed by atoms with E-state index in [0.29, 0.717) is 36.9 Å². The zero-order valence-corrected chi connectivity index (χ0v) is 13.4. The number of carboxylic acid groups (broad SMARTS) is 1. The minimum absolute atomic E-state index is 0.145. The highest BCUT2D eigenvalue weighted by molar-refractivity contribution is 5.97. The van der Waals surface area contributed by atoms with Crippen LogP contribution in [0, 0.1) is 5.92 Å². The third-order valence-electron chi connectivity index (χ3n) is 3.40. The lowest BCUT2D eigenvalue weighted by Crippen LogP contribution is -2.41. The predicted octanol–water partition coefficient (Wildman–Crippen LogP) is 1.70. The summed E-state index contributed by atoms with van der Waals surface area (Å²) in [4.78, 5) is 23.6. The second-order valence-corrected chi connectivity index (χ2v) is 5.70. The molecule has 2 N–H and O–H groups in total. The van der Waals surface area contributed by atoms with Crippen LogP contribution in [0.25, 0.3) is 0 Å². The first-order chi connectivity index (χ1) is 10.9. The topological polar surface area (TPSA) is 94.1 Å². The molecule has 1 amide bonds. The van der Waals surface area contributed by atoms with Crippen LogP contribution in [0.1, 0.15) is 30.6 Å². The number of methoxy groups -OCH3 is 1. The fraction of sp³-hybridized carbons (Fsp3) is 0.500. The molecule has 126 valence electrons. The lowest BCUT2D eigenvalue weighted by atomic mass is 10.0. The highest BCUT2D eigenvalue weighted by Gasteiger charge is 2.25. The van der Waals surface area contributed by atoms with Gasteiger partial charge in [0.1, 0.15) is 19.3 Å². The number of hydrogen-bond acceptors (Lipinski definition) is 5. The van der Waals surface area contributed by atoms with E-state index in [1.54, 1.807) is 0 Å². The van der Waals surface area contributed by atoms with Crippen LogP contribution in [0.5, 0.6) is 17.2 Å². The van der Waals surface area contributed by atoms with Crippen molar-refractivity contribution in [2.75, 3.05) is 20.3 Å². The van der Waals surface area contributed by atoms with Crippen LogP contribution < -0.4 is 19.5 Å². The third kappa shape index (κ3) is 4.06. The number of ether oxygens (including phenoxy) is 3. The number of nitrogens with one attached hydrogen (secondary N) is 1. The van der Waals surface area contributed by atoms with E-state index in [0.717, 1.165) is 0 Å². The van der Waals surface area contributed by atoms with Crippen molar-refractivity contribution in [3.63, 3.8) is 0 Å². The van der Waals surface area contributed by atoms with Crippen LogP contribution in [0.15, 0.2) is 12.1 Å². The second-order valence-electron chi connectivity index (χ2n) is 5.70. The Labute approximate surface area is 134 Å². The third-order valence-corrected chi connectivity index (χ3v) is 3.40. The lowest BCUT2D eigenvalue weighted by Gasteiger charge is -2.22. The molecule has 0 bridgehead atoms. The summed E-state index contributed by atoms with van der Waals surface area (Å²) in [6.45, 7) is 4.58. The largest absolute Gasteiger partial charge is 0.493 e. The second kappa shape index (κ2) is 7.21. The fourth-order valence-corrected chi connectivity index (χ4v) is 2.34. The fourth-order valence-electron chi connectivity index (χ4n) is 2.34. The molecule has 0 spiro atoms. The van der Waals surface area contributed by atoms with E-state index in [4.69, 9.17) is 14.2 Å². The lowest BCUT2D eigenvalue weighted by molar-refractivity contribution is -0.139. The summed E-state index contributed by atoms with van der Waals surface area (Å²) in [7, 11) is 1.47. The Morgan fingerprint density at radius 3 is 2.61 bits per heavy atom. The summed E-state index contributed by atoms with van der Waals surface area (Å²) < 4.78 is 16.2. The molecular formula is C16H21NO6. The van der Waals surface area contributed by atoms with Gasteiger partial charge in [-0.05, 0) is 24.5 Å². The molecule has 1 heterocycles. The van der Waals surface area contributed by atoms with E-state index in [-0.39, 0.29) is 11.5 Å². The molecule has 0 unspecified atom stereocenters. The number of carbonyl (C=O) groups excluding carboxylic acids is 1. The monoisotopic (exact) mass is 323 g/mol. The first-order valence-corrected chi connectivity index (χ1v) is 7.43. The molecule has 1 aromatic carbocycles. The standard InChI is InChI=1S/C16H21NO6/c1-9(2)6-11(16(19)20)17-15(18)10-7-12(21-3)14-13(8-10)22-4-5-23-14/h7-9,11H,4-6H2,1-3H3,(H,17,18)(H,19,20)/t11-/m1/s1. The molecule has 1 aliphatic heterocycles. The van der Waals surface area contributed by atoms with Gasteiger partial charge in [-0.15, -0.1) is 0 Å². The van der Waals surface area contributed by atoms with Crippen molar-refractivity contribution in [3.8, 4) is 17.2 Å². The van der Waals surface area contributed by atoms with Gasteiger partial charge < -0.3 is 24.6 Å². The quantitative estimate of drug-likeness (QED) is 0.827. The summed E-state index contributed by atoms with van der Waals surface area (Å²) in [5, 5.41) is 11.8. The Morgan fingerprint density at radius 1 is 1.30 bits per heavy atom. The van der Waals surface area contributed by atoms with Gasteiger partial charge in [-0.3, -0.25) is 4.79 Å². The highest BCUT2D eigenvalue weighted by atomic mass is 16.6. The Morgan fingerprint density at radius 2 is 2.00 bits per heavy atom. The molecule has 7 heteroatoms. The molecule has 1 aliphatic rings. The number of amides is 1. The van der Waals surface area contributed by atoms with Gasteiger partial charge in [0.25, 0.3) is 5.91 Å². The molecule has 0 saturated heterocycles. The van der Waals surface area contributed by atoms with Crippen LogP contribution in [0.3, 0.4) is 0 Å². The van der Waals surface area contributed by atoms with Gasteiger partial charge in [0, 0.05) is 5.56 Å². The average Bonchev–Trinajstić information content (AvgIpc) is 2.52. The summed E-state index contributed by atoms with van der Waals surface area (Å²) in [6.07, 6.45) is 0.350. The first-order valence-electron chi connectivity index (χ1n) is 7.43. The van der Waals surface area contributed by atoms with E-state index >= 15 is 0 Å². The van der Waals surface area contributed by atoms with Crippen molar-refractivity contribution < 1.29 is 28.9 Å². The number of carbonyl (C=O) groups is 2. The molecule has 0 aromatic heterocycles. The summed E-state index contributed by atoms with van der Waals surface area (Å²) in [5.41, 5.74) is 0.265. The Bertz CT molecular complexity index is 581. The van der Waals surface area contributed by atoms with Crippen LogP contribution in [0.4, 0.5) is 0 Å². The normalized spacial score (nSPS) is 14.3. The molecule has 0 aliphatic carbocycles. The summed E-state index contributed by atoms with van der Waals surface area (Å²) in [5.74, 6) is -0.164. The smallest absolute Gasteiger partial charge is 0.326 e.